The maximum atomic E-state index is 13.7. The number of rotatable bonds is 10. The van der Waals surface area contributed by atoms with Crippen molar-refractivity contribution in [2.24, 2.45) is 0 Å². The lowest BCUT2D eigenvalue weighted by Gasteiger charge is -2.14. The number of nitrogens with one attached hydrogen (secondary N) is 1. The van der Waals surface area contributed by atoms with Crippen LogP contribution in [0.3, 0.4) is 0 Å². The average molecular weight is 281 g/mol. The van der Waals surface area contributed by atoms with Crippen molar-refractivity contribution in [3.05, 3.63) is 35.1 Å². The molecule has 0 heterocycles. The maximum absolute atomic E-state index is 13.7. The lowest BCUT2D eigenvalue weighted by atomic mass is 10.1. The second-order valence-electron chi connectivity index (χ2n) is 5.43. The minimum absolute atomic E-state index is 0.178. The van der Waals surface area contributed by atoms with Gasteiger partial charge in [-0.3, -0.25) is 0 Å². The van der Waals surface area contributed by atoms with Gasteiger partial charge in [-0.05, 0) is 38.1 Å². The van der Waals surface area contributed by atoms with Crippen LogP contribution in [0.25, 0.3) is 0 Å². The van der Waals surface area contributed by atoms with Crippen LogP contribution in [0.5, 0.6) is 0 Å². The molecular weight excluding hydrogens is 253 g/mol. The summed E-state index contributed by atoms with van der Waals surface area (Å²) in [6.07, 6.45) is 6.23. The van der Waals surface area contributed by atoms with Gasteiger partial charge in [0, 0.05) is 12.1 Å². The third kappa shape index (κ3) is 6.49. The molecule has 0 aliphatic rings. The molecular formula is C17H28FNO. The summed E-state index contributed by atoms with van der Waals surface area (Å²) < 4.78 is 19.5. The molecule has 0 aromatic heterocycles. The first kappa shape index (κ1) is 17.1. The Balaban J connectivity index is 2.38. The van der Waals surface area contributed by atoms with Gasteiger partial charge >= 0.3 is 0 Å². The summed E-state index contributed by atoms with van der Waals surface area (Å²) in [7, 11) is 1.89. The fourth-order valence-electron chi connectivity index (χ4n) is 2.23. The molecule has 0 aliphatic carbocycles. The SMILES string of the molecule is CCCCCCC(C)OCc1cc(CNC)ccc1F. The van der Waals surface area contributed by atoms with Gasteiger partial charge in [-0.25, -0.2) is 4.39 Å². The van der Waals surface area contributed by atoms with E-state index in [-0.39, 0.29) is 11.9 Å². The van der Waals surface area contributed by atoms with Crippen LogP contribution in [0, 0.1) is 5.82 Å². The third-order valence-corrected chi connectivity index (χ3v) is 3.48. The van der Waals surface area contributed by atoms with Crippen molar-refractivity contribution in [1.29, 1.82) is 0 Å². The van der Waals surface area contributed by atoms with Crippen molar-refractivity contribution in [3.63, 3.8) is 0 Å². The molecule has 0 aliphatic heterocycles. The lowest BCUT2D eigenvalue weighted by molar-refractivity contribution is 0.0443. The second kappa shape index (κ2) is 9.89. The van der Waals surface area contributed by atoms with Crippen LogP contribution in [-0.2, 0) is 17.9 Å². The summed E-state index contributed by atoms with van der Waals surface area (Å²) in [6.45, 7) is 5.39. The Morgan fingerprint density at radius 3 is 2.75 bits per heavy atom. The highest BCUT2D eigenvalue weighted by molar-refractivity contribution is 5.24. The molecule has 1 atom stereocenters. The molecule has 3 heteroatoms. The van der Waals surface area contributed by atoms with Crippen LogP contribution >= 0.6 is 0 Å². The topological polar surface area (TPSA) is 21.3 Å². The van der Waals surface area contributed by atoms with Gasteiger partial charge in [-0.15, -0.1) is 0 Å². The van der Waals surface area contributed by atoms with E-state index >= 15 is 0 Å². The van der Waals surface area contributed by atoms with Crippen molar-refractivity contribution >= 4 is 0 Å². The fraction of sp³-hybridized carbons (Fsp3) is 0.647. The molecule has 0 spiro atoms. The molecule has 20 heavy (non-hydrogen) atoms. The predicted octanol–water partition coefficient (Wildman–Crippen LogP) is 4.42. The van der Waals surface area contributed by atoms with Crippen LogP contribution in [0.1, 0.15) is 57.1 Å². The van der Waals surface area contributed by atoms with Gasteiger partial charge in [0.1, 0.15) is 5.82 Å². The molecule has 1 aromatic rings. The molecule has 0 bridgehead atoms. The fourth-order valence-corrected chi connectivity index (χ4v) is 2.23. The summed E-state index contributed by atoms with van der Waals surface area (Å²) >= 11 is 0. The maximum Gasteiger partial charge on any atom is 0.128 e. The zero-order valence-electron chi connectivity index (χ0n) is 13.0. The van der Waals surface area contributed by atoms with Gasteiger partial charge in [0.25, 0.3) is 0 Å². The van der Waals surface area contributed by atoms with Gasteiger partial charge in [0.15, 0.2) is 0 Å². The molecule has 114 valence electrons. The zero-order valence-corrected chi connectivity index (χ0v) is 13.0. The van der Waals surface area contributed by atoms with Crippen molar-refractivity contribution in [1.82, 2.24) is 5.32 Å². The first-order valence-electron chi connectivity index (χ1n) is 7.70. The second-order valence-corrected chi connectivity index (χ2v) is 5.43. The summed E-state index contributed by atoms with van der Waals surface area (Å²) in [5, 5.41) is 3.07. The highest BCUT2D eigenvalue weighted by Crippen LogP contribution is 2.15. The first-order chi connectivity index (χ1) is 9.67. The van der Waals surface area contributed by atoms with E-state index in [0.29, 0.717) is 12.2 Å². The normalized spacial score (nSPS) is 12.6. The van der Waals surface area contributed by atoms with Crippen molar-refractivity contribution in [2.75, 3.05) is 7.05 Å². The summed E-state index contributed by atoms with van der Waals surface area (Å²) in [5.41, 5.74) is 1.74. The Morgan fingerprint density at radius 2 is 2.05 bits per heavy atom. The van der Waals surface area contributed by atoms with Crippen LogP contribution in [0.2, 0.25) is 0 Å². The summed E-state index contributed by atoms with van der Waals surface area (Å²) in [4.78, 5) is 0. The number of hydrogen-bond acceptors (Lipinski definition) is 2. The van der Waals surface area contributed by atoms with Gasteiger partial charge < -0.3 is 10.1 Å². The Kier molecular flexibility index (Phi) is 8.47. The van der Waals surface area contributed by atoms with Crippen molar-refractivity contribution < 1.29 is 9.13 Å². The molecule has 2 nitrogen and oxygen atoms in total. The highest BCUT2D eigenvalue weighted by Gasteiger charge is 2.07. The first-order valence-corrected chi connectivity index (χ1v) is 7.70. The molecule has 1 rings (SSSR count). The van der Waals surface area contributed by atoms with E-state index in [4.69, 9.17) is 4.74 Å². The lowest BCUT2D eigenvalue weighted by Crippen LogP contribution is -2.10. The molecule has 0 fully saturated rings. The average Bonchev–Trinajstić information content (AvgIpc) is 2.44. The minimum atomic E-state index is -0.178. The van der Waals surface area contributed by atoms with E-state index in [2.05, 4.69) is 19.2 Å². The van der Waals surface area contributed by atoms with Crippen LogP contribution in [-0.4, -0.2) is 13.2 Å². The Morgan fingerprint density at radius 1 is 1.25 bits per heavy atom. The predicted molar refractivity (Wildman–Crippen MR) is 82.2 cm³/mol. The van der Waals surface area contributed by atoms with E-state index in [9.17, 15) is 4.39 Å². The number of halogens is 1. The zero-order chi connectivity index (χ0) is 14.8. The van der Waals surface area contributed by atoms with Gasteiger partial charge in [0.2, 0.25) is 0 Å². The van der Waals surface area contributed by atoms with E-state index in [1.54, 1.807) is 0 Å². The molecule has 0 amide bonds. The van der Waals surface area contributed by atoms with E-state index in [0.717, 1.165) is 18.5 Å². The Hall–Kier alpha value is -0.930. The minimum Gasteiger partial charge on any atom is -0.374 e. The Labute approximate surface area is 122 Å². The van der Waals surface area contributed by atoms with Crippen LogP contribution in [0.4, 0.5) is 4.39 Å². The van der Waals surface area contributed by atoms with Crippen LogP contribution < -0.4 is 5.32 Å². The summed E-state index contributed by atoms with van der Waals surface area (Å²) in [6, 6.07) is 5.22. The highest BCUT2D eigenvalue weighted by atomic mass is 19.1. The monoisotopic (exact) mass is 281 g/mol. The van der Waals surface area contributed by atoms with Crippen molar-refractivity contribution in [2.45, 2.75) is 65.2 Å². The molecule has 1 aromatic carbocycles. The van der Waals surface area contributed by atoms with Crippen LogP contribution in [0.15, 0.2) is 18.2 Å². The number of unbranched alkanes of at least 4 members (excludes halogenated alkanes) is 3. The number of hydrogen-bond donors (Lipinski definition) is 1. The molecule has 1 unspecified atom stereocenters. The quantitative estimate of drug-likeness (QED) is 0.641. The van der Waals surface area contributed by atoms with Crippen molar-refractivity contribution in [3.8, 4) is 0 Å². The molecule has 1 N–H and O–H groups in total. The summed E-state index contributed by atoms with van der Waals surface area (Å²) in [5.74, 6) is -0.178. The van der Waals surface area contributed by atoms with E-state index in [1.165, 1.54) is 31.7 Å². The third-order valence-electron chi connectivity index (χ3n) is 3.48. The van der Waals surface area contributed by atoms with Gasteiger partial charge in [-0.2, -0.15) is 0 Å². The standard InChI is InChI=1S/C17H28FNO/c1-4-5-6-7-8-14(2)20-13-16-11-15(12-19-3)9-10-17(16)18/h9-11,14,19H,4-8,12-13H2,1-3H3. The molecule has 0 radical (unpaired) electrons. The van der Waals surface area contributed by atoms with E-state index < -0.39 is 0 Å². The molecule has 0 saturated carbocycles. The van der Waals surface area contributed by atoms with Gasteiger partial charge in [0.05, 0.1) is 12.7 Å². The van der Waals surface area contributed by atoms with Gasteiger partial charge in [-0.1, -0.05) is 38.7 Å². The number of benzene rings is 1. The van der Waals surface area contributed by atoms with E-state index in [1.807, 2.05) is 19.2 Å². The molecule has 0 saturated heterocycles. The number of ether oxygens (including phenoxy) is 1. The smallest absolute Gasteiger partial charge is 0.128 e. The largest absolute Gasteiger partial charge is 0.374 e. The Bertz CT molecular complexity index is 381.